The van der Waals surface area contributed by atoms with Gasteiger partial charge in [0, 0.05) is 19.2 Å². The zero-order valence-corrected chi connectivity index (χ0v) is 10.0. The highest BCUT2D eigenvalue weighted by atomic mass is 19.1. The molecule has 1 unspecified atom stereocenters. The van der Waals surface area contributed by atoms with Crippen molar-refractivity contribution in [3.05, 3.63) is 29.8 Å². The van der Waals surface area contributed by atoms with E-state index in [0.29, 0.717) is 13.0 Å². The first-order valence-electron chi connectivity index (χ1n) is 5.61. The predicted molar refractivity (Wildman–Crippen MR) is 62.6 cm³/mol. The fourth-order valence-corrected chi connectivity index (χ4v) is 1.39. The number of amides is 1. The van der Waals surface area contributed by atoms with Gasteiger partial charge in [-0.3, -0.25) is 9.59 Å². The smallest absolute Gasteiger partial charge is 0.303 e. The zero-order chi connectivity index (χ0) is 13.5. The van der Waals surface area contributed by atoms with Crippen LogP contribution in [0.1, 0.15) is 30.1 Å². The van der Waals surface area contributed by atoms with Gasteiger partial charge in [0.25, 0.3) is 5.91 Å². The van der Waals surface area contributed by atoms with E-state index >= 15 is 0 Å². The third kappa shape index (κ3) is 4.48. The molecule has 1 aromatic heterocycles. The summed E-state index contributed by atoms with van der Waals surface area (Å²) in [4.78, 5) is 25.3. The fraction of sp³-hybridized carbons (Fsp3) is 0.417. The van der Waals surface area contributed by atoms with Gasteiger partial charge >= 0.3 is 5.97 Å². The van der Waals surface area contributed by atoms with Gasteiger partial charge in [-0.15, -0.1) is 0 Å². The molecule has 0 aliphatic carbocycles. The van der Waals surface area contributed by atoms with Crippen LogP contribution in [0.15, 0.2) is 18.3 Å². The van der Waals surface area contributed by atoms with Crippen LogP contribution in [0.25, 0.3) is 0 Å². The highest BCUT2D eigenvalue weighted by Crippen LogP contribution is 2.06. The number of aliphatic carboxylic acids is 1. The normalized spacial score (nSPS) is 11.9. The number of carbonyl (C=O) groups excluding carboxylic acids is 1. The Morgan fingerprint density at radius 1 is 1.56 bits per heavy atom. The first-order chi connectivity index (χ1) is 8.50. The van der Waals surface area contributed by atoms with Crippen LogP contribution in [0.3, 0.4) is 0 Å². The van der Waals surface area contributed by atoms with Gasteiger partial charge in [0.05, 0.1) is 5.56 Å². The van der Waals surface area contributed by atoms with Gasteiger partial charge in [-0.05, 0) is 24.5 Å². The fourth-order valence-electron chi connectivity index (χ4n) is 1.39. The van der Waals surface area contributed by atoms with Crippen LogP contribution in [-0.2, 0) is 4.79 Å². The molecule has 1 amide bonds. The van der Waals surface area contributed by atoms with Crippen LogP contribution in [0, 0.1) is 11.9 Å². The third-order valence-corrected chi connectivity index (χ3v) is 2.47. The summed E-state index contributed by atoms with van der Waals surface area (Å²) in [5.41, 5.74) is -0.108. The monoisotopic (exact) mass is 254 g/mol. The summed E-state index contributed by atoms with van der Waals surface area (Å²) in [6, 6.07) is 2.82. The zero-order valence-electron chi connectivity index (χ0n) is 10.0. The van der Waals surface area contributed by atoms with Crippen LogP contribution >= 0.6 is 0 Å². The first kappa shape index (κ1) is 14.1. The van der Waals surface area contributed by atoms with Gasteiger partial charge in [-0.25, -0.2) is 4.98 Å². The standard InChI is InChI=1S/C12H15FN2O3/c1-8(4-5-10(16)17)7-15-12(18)9-3-2-6-14-11(9)13/h2-3,6,8H,4-5,7H2,1H3,(H,15,18)(H,16,17). The molecule has 1 heterocycles. The molecule has 1 aromatic rings. The molecule has 1 atom stereocenters. The average Bonchev–Trinajstić information content (AvgIpc) is 2.34. The van der Waals surface area contributed by atoms with Crippen molar-refractivity contribution in [1.29, 1.82) is 0 Å². The lowest BCUT2D eigenvalue weighted by Gasteiger charge is -2.11. The number of nitrogens with one attached hydrogen (secondary N) is 1. The molecular weight excluding hydrogens is 239 g/mol. The molecule has 0 saturated carbocycles. The Kier molecular flexibility index (Phi) is 5.23. The van der Waals surface area contributed by atoms with Gasteiger partial charge in [0.15, 0.2) is 0 Å². The number of carbonyl (C=O) groups is 2. The van der Waals surface area contributed by atoms with Gasteiger partial charge in [0.1, 0.15) is 0 Å². The molecule has 0 spiro atoms. The summed E-state index contributed by atoms with van der Waals surface area (Å²) in [7, 11) is 0. The van der Waals surface area contributed by atoms with Crippen LogP contribution in [0.2, 0.25) is 0 Å². The van der Waals surface area contributed by atoms with E-state index in [-0.39, 0.29) is 17.9 Å². The van der Waals surface area contributed by atoms with Crippen LogP contribution < -0.4 is 5.32 Å². The van der Waals surface area contributed by atoms with Crippen LogP contribution in [0.4, 0.5) is 4.39 Å². The predicted octanol–water partition coefficient (Wildman–Crippen LogP) is 1.45. The second-order valence-electron chi connectivity index (χ2n) is 4.09. The van der Waals surface area contributed by atoms with Crippen molar-refractivity contribution >= 4 is 11.9 Å². The summed E-state index contributed by atoms with van der Waals surface area (Å²) in [5.74, 6) is -2.20. The number of halogens is 1. The molecule has 1 rings (SSSR count). The summed E-state index contributed by atoms with van der Waals surface area (Å²) in [5, 5.41) is 11.1. The van der Waals surface area contributed by atoms with E-state index in [1.165, 1.54) is 18.3 Å². The van der Waals surface area contributed by atoms with Crippen molar-refractivity contribution < 1.29 is 19.1 Å². The molecule has 0 saturated heterocycles. The molecule has 0 radical (unpaired) electrons. The second-order valence-corrected chi connectivity index (χ2v) is 4.09. The highest BCUT2D eigenvalue weighted by Gasteiger charge is 2.13. The maximum absolute atomic E-state index is 13.2. The summed E-state index contributed by atoms with van der Waals surface area (Å²) >= 11 is 0. The van der Waals surface area contributed by atoms with E-state index < -0.39 is 17.8 Å². The Labute approximate surface area is 104 Å². The maximum Gasteiger partial charge on any atom is 0.303 e. The van der Waals surface area contributed by atoms with Gasteiger partial charge in [-0.1, -0.05) is 6.92 Å². The van der Waals surface area contributed by atoms with Crippen LogP contribution in [0.5, 0.6) is 0 Å². The Morgan fingerprint density at radius 2 is 2.28 bits per heavy atom. The topological polar surface area (TPSA) is 79.3 Å². The number of carboxylic acids is 1. The van der Waals surface area contributed by atoms with E-state index in [9.17, 15) is 14.0 Å². The number of rotatable bonds is 6. The van der Waals surface area contributed by atoms with Crippen molar-refractivity contribution in [1.82, 2.24) is 10.3 Å². The Balaban J connectivity index is 2.42. The molecule has 2 N–H and O–H groups in total. The third-order valence-electron chi connectivity index (χ3n) is 2.47. The molecule has 0 aromatic carbocycles. The molecule has 6 heteroatoms. The molecule has 0 aliphatic heterocycles. The Bertz CT molecular complexity index is 437. The second kappa shape index (κ2) is 6.68. The van der Waals surface area contributed by atoms with E-state index in [1.807, 2.05) is 6.92 Å². The number of hydrogen-bond acceptors (Lipinski definition) is 3. The lowest BCUT2D eigenvalue weighted by molar-refractivity contribution is -0.137. The minimum absolute atomic E-state index is 0.0183. The largest absolute Gasteiger partial charge is 0.481 e. The lowest BCUT2D eigenvalue weighted by Crippen LogP contribution is -2.29. The molecule has 0 fully saturated rings. The molecule has 5 nitrogen and oxygen atoms in total. The SMILES string of the molecule is CC(CCC(=O)O)CNC(=O)c1cccnc1F. The molecule has 0 bridgehead atoms. The van der Waals surface area contributed by atoms with E-state index in [4.69, 9.17) is 5.11 Å². The van der Waals surface area contributed by atoms with Gasteiger partial charge in [0.2, 0.25) is 5.95 Å². The van der Waals surface area contributed by atoms with Crippen molar-refractivity contribution in [2.24, 2.45) is 5.92 Å². The summed E-state index contributed by atoms with van der Waals surface area (Å²) < 4.78 is 13.2. The molecule has 18 heavy (non-hydrogen) atoms. The lowest BCUT2D eigenvalue weighted by atomic mass is 10.1. The summed E-state index contributed by atoms with van der Waals surface area (Å²) in [6.45, 7) is 2.13. The number of nitrogens with zero attached hydrogens (tertiary/aromatic N) is 1. The average molecular weight is 254 g/mol. The quantitative estimate of drug-likeness (QED) is 0.753. The van der Waals surface area contributed by atoms with E-state index in [1.54, 1.807) is 0 Å². The Morgan fingerprint density at radius 3 is 2.89 bits per heavy atom. The minimum Gasteiger partial charge on any atom is -0.481 e. The number of aromatic nitrogens is 1. The van der Waals surface area contributed by atoms with Crippen LogP contribution in [-0.4, -0.2) is 28.5 Å². The van der Waals surface area contributed by atoms with Gasteiger partial charge < -0.3 is 10.4 Å². The number of pyridine rings is 1. The van der Waals surface area contributed by atoms with E-state index in [2.05, 4.69) is 10.3 Å². The molecular formula is C12H15FN2O3. The van der Waals surface area contributed by atoms with Crippen molar-refractivity contribution in [2.45, 2.75) is 19.8 Å². The number of hydrogen-bond donors (Lipinski definition) is 2. The minimum atomic E-state index is -0.869. The Hall–Kier alpha value is -1.98. The van der Waals surface area contributed by atoms with Crippen molar-refractivity contribution in [3.63, 3.8) is 0 Å². The van der Waals surface area contributed by atoms with Gasteiger partial charge in [-0.2, -0.15) is 4.39 Å². The molecule has 98 valence electrons. The van der Waals surface area contributed by atoms with E-state index in [0.717, 1.165) is 0 Å². The van der Waals surface area contributed by atoms with Crippen molar-refractivity contribution in [3.8, 4) is 0 Å². The highest BCUT2D eigenvalue weighted by molar-refractivity contribution is 5.94. The van der Waals surface area contributed by atoms with Crippen molar-refractivity contribution in [2.75, 3.05) is 6.54 Å². The first-order valence-corrected chi connectivity index (χ1v) is 5.61. The maximum atomic E-state index is 13.2. The summed E-state index contributed by atoms with van der Waals surface area (Å²) in [6.07, 6.45) is 1.78. The molecule has 0 aliphatic rings. The number of carboxylic acid groups (broad SMARTS) is 1.